The standard InChI is InChI=1S/C22H26N4O3S/c1-15-5-3-6-16(13-15)26-10-8-25(9-11-26)14-17-19(21(27)29-2)20(24-22(28)23-17)18-7-4-12-30-18/h3-7,12-13,20H,8-11,14H2,1-2H3,(H2,23,24,28)/t20-/m1/s1. The molecule has 0 saturated carbocycles. The maximum absolute atomic E-state index is 12.6. The quantitative estimate of drug-likeness (QED) is 0.719. The molecule has 1 atom stereocenters. The first-order valence-corrected chi connectivity index (χ1v) is 10.9. The van der Waals surface area contributed by atoms with Crippen LogP contribution in [0, 0.1) is 6.92 Å². The molecule has 0 spiro atoms. The Morgan fingerprint density at radius 2 is 2.00 bits per heavy atom. The van der Waals surface area contributed by atoms with Gasteiger partial charge in [-0.3, -0.25) is 4.90 Å². The van der Waals surface area contributed by atoms with E-state index in [9.17, 15) is 9.59 Å². The first kappa shape index (κ1) is 20.4. The molecule has 0 bridgehead atoms. The number of rotatable bonds is 5. The molecule has 0 unspecified atom stereocenters. The number of thiophene rings is 1. The van der Waals surface area contributed by atoms with E-state index in [1.807, 2.05) is 17.5 Å². The lowest BCUT2D eigenvalue weighted by Gasteiger charge is -2.38. The third-order valence-electron chi connectivity index (χ3n) is 5.51. The fourth-order valence-electron chi connectivity index (χ4n) is 3.98. The Balaban J connectivity index is 1.51. The van der Waals surface area contributed by atoms with Gasteiger partial charge in [-0.2, -0.15) is 0 Å². The highest BCUT2D eigenvalue weighted by Gasteiger charge is 2.35. The second-order valence-corrected chi connectivity index (χ2v) is 8.51. The van der Waals surface area contributed by atoms with Gasteiger partial charge in [0.25, 0.3) is 0 Å². The van der Waals surface area contributed by atoms with Crippen LogP contribution in [0.2, 0.25) is 0 Å². The molecule has 2 aliphatic heterocycles. The van der Waals surface area contributed by atoms with Gasteiger partial charge in [0.2, 0.25) is 0 Å². The molecule has 1 fully saturated rings. The summed E-state index contributed by atoms with van der Waals surface area (Å²) in [6.07, 6.45) is 0. The number of urea groups is 1. The van der Waals surface area contributed by atoms with Crippen molar-refractivity contribution < 1.29 is 14.3 Å². The predicted octanol–water partition coefficient (Wildman–Crippen LogP) is 2.66. The summed E-state index contributed by atoms with van der Waals surface area (Å²) in [6.45, 7) is 6.08. The van der Waals surface area contributed by atoms with Gasteiger partial charge in [0.1, 0.15) is 0 Å². The number of anilines is 1. The van der Waals surface area contributed by atoms with E-state index in [1.54, 1.807) is 0 Å². The normalized spacial score (nSPS) is 20.0. The number of benzene rings is 1. The highest BCUT2D eigenvalue weighted by atomic mass is 32.1. The molecule has 30 heavy (non-hydrogen) atoms. The van der Waals surface area contributed by atoms with E-state index in [4.69, 9.17) is 4.74 Å². The van der Waals surface area contributed by atoms with Crippen LogP contribution in [0.5, 0.6) is 0 Å². The Hall–Kier alpha value is -2.84. The van der Waals surface area contributed by atoms with Crippen LogP contribution < -0.4 is 15.5 Å². The van der Waals surface area contributed by atoms with Crippen molar-refractivity contribution in [1.82, 2.24) is 15.5 Å². The molecule has 0 radical (unpaired) electrons. The van der Waals surface area contributed by atoms with Crippen molar-refractivity contribution in [2.75, 3.05) is 44.7 Å². The largest absolute Gasteiger partial charge is 0.466 e. The SMILES string of the molecule is COC(=O)C1=C(CN2CCN(c3cccc(C)c3)CC2)NC(=O)N[C@@H]1c1cccs1. The number of hydrogen-bond acceptors (Lipinski definition) is 6. The number of carbonyl (C=O) groups excluding carboxylic acids is 2. The molecule has 158 valence electrons. The van der Waals surface area contributed by atoms with Crippen molar-refractivity contribution in [2.45, 2.75) is 13.0 Å². The third kappa shape index (κ3) is 4.34. The Labute approximate surface area is 180 Å². The molecule has 1 aromatic carbocycles. The number of esters is 1. The number of amides is 2. The highest BCUT2D eigenvalue weighted by Crippen LogP contribution is 2.31. The van der Waals surface area contributed by atoms with Gasteiger partial charge in [0, 0.05) is 49.0 Å². The zero-order valence-electron chi connectivity index (χ0n) is 17.2. The second-order valence-electron chi connectivity index (χ2n) is 7.53. The zero-order chi connectivity index (χ0) is 21.1. The number of aryl methyl sites for hydroxylation is 1. The van der Waals surface area contributed by atoms with Crippen molar-refractivity contribution in [3.63, 3.8) is 0 Å². The summed E-state index contributed by atoms with van der Waals surface area (Å²) in [5, 5.41) is 7.64. The number of hydrogen-bond donors (Lipinski definition) is 2. The van der Waals surface area contributed by atoms with Gasteiger partial charge >= 0.3 is 12.0 Å². The average Bonchev–Trinajstić information content (AvgIpc) is 3.28. The second kappa shape index (κ2) is 8.89. The van der Waals surface area contributed by atoms with Crippen LogP contribution in [0.4, 0.5) is 10.5 Å². The summed E-state index contributed by atoms with van der Waals surface area (Å²) >= 11 is 1.51. The smallest absolute Gasteiger partial charge is 0.338 e. The first-order valence-electron chi connectivity index (χ1n) is 10.0. The summed E-state index contributed by atoms with van der Waals surface area (Å²) in [5.41, 5.74) is 3.57. The van der Waals surface area contributed by atoms with Gasteiger partial charge in [0.05, 0.1) is 18.7 Å². The molecular weight excluding hydrogens is 400 g/mol. The van der Waals surface area contributed by atoms with E-state index in [-0.39, 0.29) is 6.03 Å². The van der Waals surface area contributed by atoms with Gasteiger partial charge in [-0.1, -0.05) is 18.2 Å². The van der Waals surface area contributed by atoms with Gasteiger partial charge in [-0.05, 0) is 36.1 Å². The molecular formula is C22H26N4O3S. The van der Waals surface area contributed by atoms with Gasteiger partial charge in [-0.15, -0.1) is 11.3 Å². The number of ether oxygens (including phenoxy) is 1. The zero-order valence-corrected chi connectivity index (χ0v) is 18.0. The number of nitrogens with zero attached hydrogens (tertiary/aromatic N) is 2. The molecule has 1 aromatic heterocycles. The third-order valence-corrected chi connectivity index (χ3v) is 6.44. The number of carbonyl (C=O) groups is 2. The highest BCUT2D eigenvalue weighted by molar-refractivity contribution is 7.10. The van der Waals surface area contributed by atoms with Crippen LogP contribution in [0.25, 0.3) is 0 Å². The van der Waals surface area contributed by atoms with Crippen LogP contribution in [-0.4, -0.2) is 56.7 Å². The minimum atomic E-state index is -0.491. The van der Waals surface area contributed by atoms with Crippen LogP contribution in [-0.2, 0) is 9.53 Å². The Kier molecular flexibility index (Phi) is 6.06. The molecule has 8 heteroatoms. The molecule has 1 saturated heterocycles. The van der Waals surface area contributed by atoms with Gasteiger partial charge in [0.15, 0.2) is 0 Å². The number of methoxy groups -OCH3 is 1. The fraction of sp³-hybridized carbons (Fsp3) is 0.364. The van der Waals surface area contributed by atoms with Crippen molar-refractivity contribution in [3.8, 4) is 0 Å². The maximum Gasteiger partial charge on any atom is 0.338 e. The summed E-state index contributed by atoms with van der Waals surface area (Å²) < 4.78 is 5.05. The summed E-state index contributed by atoms with van der Waals surface area (Å²) in [6, 6.07) is 11.6. The van der Waals surface area contributed by atoms with E-state index >= 15 is 0 Å². The molecule has 7 nitrogen and oxygen atoms in total. The van der Waals surface area contributed by atoms with E-state index in [1.165, 1.54) is 29.7 Å². The van der Waals surface area contributed by atoms with Crippen molar-refractivity contribution in [2.24, 2.45) is 0 Å². The number of nitrogens with one attached hydrogen (secondary N) is 2. The van der Waals surface area contributed by atoms with E-state index in [0.717, 1.165) is 31.1 Å². The van der Waals surface area contributed by atoms with Gasteiger partial charge in [-0.25, -0.2) is 9.59 Å². The van der Waals surface area contributed by atoms with Crippen molar-refractivity contribution >= 4 is 29.0 Å². The maximum atomic E-state index is 12.6. The molecule has 0 aliphatic carbocycles. The monoisotopic (exact) mass is 426 g/mol. The van der Waals surface area contributed by atoms with Gasteiger partial charge < -0.3 is 20.3 Å². The first-order chi connectivity index (χ1) is 14.5. The Morgan fingerprint density at radius 3 is 2.67 bits per heavy atom. The molecule has 4 rings (SSSR count). The van der Waals surface area contributed by atoms with Crippen LogP contribution >= 0.6 is 11.3 Å². The van der Waals surface area contributed by atoms with Crippen LogP contribution in [0.1, 0.15) is 16.5 Å². The minimum absolute atomic E-state index is 0.297. The van der Waals surface area contributed by atoms with E-state index in [0.29, 0.717) is 17.8 Å². The lowest BCUT2D eigenvalue weighted by atomic mass is 10.0. The summed E-state index contributed by atoms with van der Waals surface area (Å²) in [4.78, 5) is 30.5. The van der Waals surface area contributed by atoms with Crippen molar-refractivity contribution in [1.29, 1.82) is 0 Å². The number of piperazine rings is 1. The average molecular weight is 427 g/mol. The molecule has 3 heterocycles. The van der Waals surface area contributed by atoms with Crippen LogP contribution in [0.15, 0.2) is 53.0 Å². The lowest BCUT2D eigenvalue weighted by Crippen LogP contribution is -2.51. The fourth-order valence-corrected chi connectivity index (χ4v) is 4.76. The lowest BCUT2D eigenvalue weighted by molar-refractivity contribution is -0.136. The summed E-state index contributed by atoms with van der Waals surface area (Å²) in [5.74, 6) is -0.422. The van der Waals surface area contributed by atoms with Crippen molar-refractivity contribution in [3.05, 3.63) is 63.5 Å². The minimum Gasteiger partial charge on any atom is -0.466 e. The molecule has 2 aliphatic rings. The van der Waals surface area contributed by atoms with E-state index in [2.05, 4.69) is 51.6 Å². The predicted molar refractivity (Wildman–Crippen MR) is 118 cm³/mol. The van der Waals surface area contributed by atoms with E-state index < -0.39 is 12.0 Å². The Bertz CT molecular complexity index is 949. The topological polar surface area (TPSA) is 73.9 Å². The molecule has 2 aromatic rings. The molecule has 2 amide bonds. The Morgan fingerprint density at radius 1 is 1.20 bits per heavy atom. The molecule has 2 N–H and O–H groups in total. The summed E-state index contributed by atoms with van der Waals surface area (Å²) in [7, 11) is 1.37. The van der Waals surface area contributed by atoms with Crippen LogP contribution in [0.3, 0.4) is 0 Å².